The SMILES string of the molecule is CCCCOCCNC(=O)c1c(C)[nH]c(C(=O)O)c1C. The van der Waals surface area contributed by atoms with Gasteiger partial charge in [0, 0.05) is 18.8 Å². The van der Waals surface area contributed by atoms with Crippen molar-refractivity contribution in [1.82, 2.24) is 10.3 Å². The molecule has 0 aliphatic heterocycles. The molecular weight excluding hydrogens is 260 g/mol. The third kappa shape index (κ3) is 4.09. The van der Waals surface area contributed by atoms with Gasteiger partial charge in [-0.3, -0.25) is 4.79 Å². The Balaban J connectivity index is 2.54. The summed E-state index contributed by atoms with van der Waals surface area (Å²) < 4.78 is 5.35. The zero-order valence-electron chi connectivity index (χ0n) is 12.2. The predicted molar refractivity (Wildman–Crippen MR) is 75.3 cm³/mol. The smallest absolute Gasteiger partial charge is 0.352 e. The number of amides is 1. The van der Waals surface area contributed by atoms with Crippen molar-refractivity contribution in [3.05, 3.63) is 22.5 Å². The average Bonchev–Trinajstić information content (AvgIpc) is 2.69. The lowest BCUT2D eigenvalue weighted by Crippen LogP contribution is -2.28. The van der Waals surface area contributed by atoms with Crippen LogP contribution < -0.4 is 5.32 Å². The van der Waals surface area contributed by atoms with Crippen molar-refractivity contribution in [3.63, 3.8) is 0 Å². The van der Waals surface area contributed by atoms with Gasteiger partial charge in [-0.15, -0.1) is 0 Å². The van der Waals surface area contributed by atoms with Crippen LogP contribution in [0.1, 0.15) is 51.9 Å². The Kier molecular flexibility index (Phi) is 6.24. The molecule has 20 heavy (non-hydrogen) atoms. The van der Waals surface area contributed by atoms with E-state index in [0.717, 1.165) is 12.8 Å². The maximum atomic E-state index is 12.0. The van der Waals surface area contributed by atoms with E-state index in [1.807, 2.05) is 0 Å². The summed E-state index contributed by atoms with van der Waals surface area (Å²) in [6, 6.07) is 0. The molecule has 0 saturated heterocycles. The molecule has 0 atom stereocenters. The summed E-state index contributed by atoms with van der Waals surface area (Å²) in [7, 11) is 0. The lowest BCUT2D eigenvalue weighted by molar-refractivity contribution is 0.0690. The van der Waals surface area contributed by atoms with Crippen molar-refractivity contribution in [3.8, 4) is 0 Å². The van der Waals surface area contributed by atoms with E-state index in [1.165, 1.54) is 0 Å². The number of carbonyl (C=O) groups is 2. The third-order valence-corrected chi connectivity index (χ3v) is 3.05. The largest absolute Gasteiger partial charge is 0.477 e. The van der Waals surface area contributed by atoms with Crippen molar-refractivity contribution >= 4 is 11.9 Å². The molecule has 0 aliphatic carbocycles. The topological polar surface area (TPSA) is 91.4 Å². The summed E-state index contributed by atoms with van der Waals surface area (Å²) in [4.78, 5) is 25.7. The number of ether oxygens (including phenoxy) is 1. The van der Waals surface area contributed by atoms with Crippen LogP contribution in [0.2, 0.25) is 0 Å². The Morgan fingerprint density at radius 1 is 1.30 bits per heavy atom. The van der Waals surface area contributed by atoms with Crippen molar-refractivity contribution < 1.29 is 19.4 Å². The van der Waals surface area contributed by atoms with Gasteiger partial charge in [0.2, 0.25) is 0 Å². The second-order valence-corrected chi connectivity index (χ2v) is 4.65. The molecule has 0 aliphatic rings. The summed E-state index contributed by atoms with van der Waals surface area (Å²) in [6.07, 6.45) is 2.08. The average molecular weight is 282 g/mol. The molecule has 1 aromatic heterocycles. The minimum absolute atomic E-state index is 0.0619. The molecule has 0 unspecified atom stereocenters. The maximum Gasteiger partial charge on any atom is 0.352 e. The van der Waals surface area contributed by atoms with Gasteiger partial charge in [-0.25, -0.2) is 4.79 Å². The number of hydrogen-bond acceptors (Lipinski definition) is 3. The monoisotopic (exact) mass is 282 g/mol. The highest BCUT2D eigenvalue weighted by Gasteiger charge is 2.21. The number of aromatic nitrogens is 1. The molecule has 1 heterocycles. The normalized spacial score (nSPS) is 10.6. The van der Waals surface area contributed by atoms with E-state index in [-0.39, 0.29) is 11.6 Å². The summed E-state index contributed by atoms with van der Waals surface area (Å²) in [5.41, 5.74) is 1.48. The first-order valence-corrected chi connectivity index (χ1v) is 6.77. The van der Waals surface area contributed by atoms with Crippen LogP contribution in [0.3, 0.4) is 0 Å². The van der Waals surface area contributed by atoms with Crippen LogP contribution in [0.25, 0.3) is 0 Å². The van der Waals surface area contributed by atoms with Crippen molar-refractivity contribution in [2.24, 2.45) is 0 Å². The molecule has 6 nitrogen and oxygen atoms in total. The molecule has 1 amide bonds. The van der Waals surface area contributed by atoms with E-state index < -0.39 is 5.97 Å². The van der Waals surface area contributed by atoms with Gasteiger partial charge in [0.05, 0.1) is 12.2 Å². The van der Waals surface area contributed by atoms with Crippen molar-refractivity contribution in [1.29, 1.82) is 0 Å². The number of nitrogens with one attached hydrogen (secondary N) is 2. The Morgan fingerprint density at radius 3 is 2.55 bits per heavy atom. The number of H-pyrrole nitrogens is 1. The Labute approximate surface area is 118 Å². The summed E-state index contributed by atoms with van der Waals surface area (Å²) in [6.45, 7) is 6.96. The van der Waals surface area contributed by atoms with E-state index in [1.54, 1.807) is 13.8 Å². The van der Waals surface area contributed by atoms with Gasteiger partial charge >= 0.3 is 5.97 Å². The first-order valence-electron chi connectivity index (χ1n) is 6.77. The Hall–Kier alpha value is -1.82. The highest BCUT2D eigenvalue weighted by atomic mass is 16.5. The molecule has 0 saturated carbocycles. The standard InChI is InChI=1S/C14H22N2O4/c1-4-5-7-20-8-6-15-13(17)11-9(2)12(14(18)19)16-10(11)3/h16H,4-8H2,1-3H3,(H,15,17)(H,18,19). The highest BCUT2D eigenvalue weighted by Crippen LogP contribution is 2.17. The fourth-order valence-electron chi connectivity index (χ4n) is 1.98. The van der Waals surface area contributed by atoms with Gasteiger partial charge in [0.1, 0.15) is 5.69 Å². The molecule has 1 aromatic rings. The van der Waals surface area contributed by atoms with Crippen LogP contribution in [0.5, 0.6) is 0 Å². The van der Waals surface area contributed by atoms with Gasteiger partial charge < -0.3 is 20.1 Å². The number of unbranched alkanes of at least 4 members (excludes halogenated alkanes) is 1. The number of aromatic amines is 1. The highest BCUT2D eigenvalue weighted by molar-refractivity contribution is 6.00. The zero-order chi connectivity index (χ0) is 15.1. The van der Waals surface area contributed by atoms with E-state index in [2.05, 4.69) is 17.2 Å². The van der Waals surface area contributed by atoms with Gasteiger partial charge in [-0.2, -0.15) is 0 Å². The van der Waals surface area contributed by atoms with Crippen LogP contribution in [-0.4, -0.2) is 41.7 Å². The second-order valence-electron chi connectivity index (χ2n) is 4.65. The van der Waals surface area contributed by atoms with Gasteiger partial charge in [-0.1, -0.05) is 13.3 Å². The zero-order valence-corrected chi connectivity index (χ0v) is 12.2. The van der Waals surface area contributed by atoms with Crippen molar-refractivity contribution in [2.45, 2.75) is 33.6 Å². The molecule has 0 fully saturated rings. The first-order chi connectivity index (χ1) is 9.49. The number of rotatable bonds is 8. The fourth-order valence-corrected chi connectivity index (χ4v) is 1.98. The number of aromatic carboxylic acids is 1. The molecular formula is C14H22N2O4. The predicted octanol–water partition coefficient (Wildman–Crippen LogP) is 1.88. The van der Waals surface area contributed by atoms with E-state index >= 15 is 0 Å². The number of hydrogen-bond donors (Lipinski definition) is 3. The molecule has 0 bridgehead atoms. The Morgan fingerprint density at radius 2 is 2.00 bits per heavy atom. The minimum Gasteiger partial charge on any atom is -0.477 e. The number of carboxylic acids is 1. The van der Waals surface area contributed by atoms with E-state index in [4.69, 9.17) is 9.84 Å². The second kappa shape index (κ2) is 7.69. The Bertz CT molecular complexity index is 480. The summed E-state index contributed by atoms with van der Waals surface area (Å²) >= 11 is 0. The lowest BCUT2D eigenvalue weighted by Gasteiger charge is -2.06. The molecule has 0 aromatic carbocycles. The number of carboxylic acid groups (broad SMARTS) is 1. The quantitative estimate of drug-likeness (QED) is 0.635. The van der Waals surface area contributed by atoms with E-state index in [9.17, 15) is 9.59 Å². The number of carbonyl (C=O) groups excluding carboxylic acids is 1. The molecule has 0 spiro atoms. The van der Waals surface area contributed by atoms with Crippen LogP contribution in [-0.2, 0) is 4.74 Å². The molecule has 1 rings (SSSR count). The van der Waals surface area contributed by atoms with Crippen LogP contribution in [0.4, 0.5) is 0 Å². The van der Waals surface area contributed by atoms with Crippen LogP contribution in [0.15, 0.2) is 0 Å². The van der Waals surface area contributed by atoms with Crippen LogP contribution in [0, 0.1) is 13.8 Å². The van der Waals surface area contributed by atoms with Crippen LogP contribution >= 0.6 is 0 Å². The third-order valence-electron chi connectivity index (χ3n) is 3.05. The van der Waals surface area contributed by atoms with Gasteiger partial charge in [0.15, 0.2) is 0 Å². The fraction of sp³-hybridized carbons (Fsp3) is 0.571. The molecule has 112 valence electrons. The molecule has 3 N–H and O–H groups in total. The maximum absolute atomic E-state index is 12.0. The number of aryl methyl sites for hydroxylation is 1. The lowest BCUT2D eigenvalue weighted by atomic mass is 10.1. The molecule has 6 heteroatoms. The summed E-state index contributed by atoms with van der Waals surface area (Å²) in [5.74, 6) is -1.34. The van der Waals surface area contributed by atoms with Gasteiger partial charge in [-0.05, 0) is 25.8 Å². The van der Waals surface area contributed by atoms with Crippen molar-refractivity contribution in [2.75, 3.05) is 19.8 Å². The van der Waals surface area contributed by atoms with E-state index in [0.29, 0.717) is 36.6 Å². The van der Waals surface area contributed by atoms with Gasteiger partial charge in [0.25, 0.3) is 5.91 Å². The summed E-state index contributed by atoms with van der Waals surface area (Å²) in [5, 5.41) is 11.7. The first kappa shape index (κ1) is 16.2. The molecule has 0 radical (unpaired) electrons. The minimum atomic E-state index is -1.06.